The van der Waals surface area contributed by atoms with Gasteiger partial charge >= 0.3 is 6.09 Å². The van der Waals surface area contributed by atoms with Crippen LogP contribution in [0.25, 0.3) is 21.8 Å². The lowest BCUT2D eigenvalue weighted by Gasteiger charge is -2.36. The Kier molecular flexibility index (Phi) is 4.34. The molecule has 1 aliphatic heterocycles. The molecule has 1 N–H and O–H groups in total. The minimum Gasteiger partial charge on any atom is -0.444 e. The Morgan fingerprint density at radius 2 is 1.85 bits per heavy atom. The number of hydrogen-bond acceptors (Lipinski definition) is 5. The molecule has 0 saturated carbocycles. The van der Waals surface area contributed by atoms with Gasteiger partial charge in [-0.05, 0) is 50.6 Å². The summed E-state index contributed by atoms with van der Waals surface area (Å²) < 4.78 is 5.47. The standard InChI is InChI=1S/C19H22ClN5O2/c1-19(2,3)27-18(26)25-10-8-24(9-11-25)16-13-4-5-14-12(6-7-21-14)15(13)22-17(20)23-16/h4-7,21H,8-11H2,1-3H3. The van der Waals surface area contributed by atoms with Gasteiger partial charge in [0.2, 0.25) is 5.28 Å². The minimum absolute atomic E-state index is 0.223. The minimum atomic E-state index is -0.494. The Hall–Kier alpha value is -2.54. The van der Waals surface area contributed by atoms with Crippen LogP contribution in [0.15, 0.2) is 24.4 Å². The number of aromatic nitrogens is 3. The molecule has 3 aromatic rings. The van der Waals surface area contributed by atoms with Gasteiger partial charge in [-0.15, -0.1) is 0 Å². The fourth-order valence-electron chi connectivity index (χ4n) is 3.35. The first-order valence-corrected chi connectivity index (χ1v) is 9.36. The number of carbonyl (C=O) groups is 1. The van der Waals surface area contributed by atoms with E-state index in [1.54, 1.807) is 4.90 Å². The second kappa shape index (κ2) is 6.56. The third-order valence-electron chi connectivity index (χ3n) is 4.58. The number of aromatic amines is 1. The maximum atomic E-state index is 12.3. The molecule has 0 spiro atoms. The molecule has 27 heavy (non-hydrogen) atoms. The van der Waals surface area contributed by atoms with Crippen LogP contribution in [-0.2, 0) is 4.74 Å². The van der Waals surface area contributed by atoms with Gasteiger partial charge in [-0.1, -0.05) is 0 Å². The summed E-state index contributed by atoms with van der Waals surface area (Å²) in [7, 11) is 0. The van der Waals surface area contributed by atoms with Crippen molar-refractivity contribution in [2.75, 3.05) is 31.1 Å². The monoisotopic (exact) mass is 387 g/mol. The summed E-state index contributed by atoms with van der Waals surface area (Å²) in [6.45, 7) is 8.09. The molecule has 0 aliphatic carbocycles. The zero-order chi connectivity index (χ0) is 19.2. The number of nitrogens with one attached hydrogen (secondary N) is 1. The van der Waals surface area contributed by atoms with E-state index in [2.05, 4.69) is 19.9 Å². The van der Waals surface area contributed by atoms with Gasteiger partial charge in [-0.25, -0.2) is 9.78 Å². The van der Waals surface area contributed by atoms with Crippen LogP contribution in [0.5, 0.6) is 0 Å². The maximum absolute atomic E-state index is 12.3. The lowest BCUT2D eigenvalue weighted by Crippen LogP contribution is -2.50. The van der Waals surface area contributed by atoms with E-state index in [1.807, 2.05) is 45.2 Å². The van der Waals surface area contributed by atoms with Crippen molar-refractivity contribution in [3.05, 3.63) is 29.7 Å². The number of H-pyrrole nitrogens is 1. The Balaban J connectivity index is 1.60. The zero-order valence-electron chi connectivity index (χ0n) is 15.6. The van der Waals surface area contributed by atoms with Crippen molar-refractivity contribution in [3.63, 3.8) is 0 Å². The molecule has 0 radical (unpaired) electrons. The third kappa shape index (κ3) is 3.51. The van der Waals surface area contributed by atoms with Crippen molar-refractivity contribution in [2.24, 2.45) is 0 Å². The summed E-state index contributed by atoms with van der Waals surface area (Å²) in [5.41, 5.74) is 1.35. The second-order valence-electron chi connectivity index (χ2n) is 7.67. The summed E-state index contributed by atoms with van der Waals surface area (Å²) in [5, 5.41) is 2.20. The molecule has 0 atom stereocenters. The van der Waals surface area contributed by atoms with Gasteiger partial charge in [0.15, 0.2) is 0 Å². The quantitative estimate of drug-likeness (QED) is 0.642. The number of amides is 1. The van der Waals surface area contributed by atoms with E-state index in [4.69, 9.17) is 16.3 Å². The van der Waals surface area contributed by atoms with Gasteiger partial charge in [0.1, 0.15) is 11.4 Å². The normalized spacial score (nSPS) is 15.6. The van der Waals surface area contributed by atoms with Crippen LogP contribution >= 0.6 is 11.6 Å². The van der Waals surface area contributed by atoms with Crippen LogP contribution in [0.2, 0.25) is 5.28 Å². The summed E-state index contributed by atoms with van der Waals surface area (Å²) in [6, 6.07) is 6.03. The predicted octanol–water partition coefficient (Wildman–Crippen LogP) is 3.82. The highest BCUT2D eigenvalue weighted by atomic mass is 35.5. The number of nitrogens with zero attached hydrogens (tertiary/aromatic N) is 4. The van der Waals surface area contributed by atoms with E-state index in [0.29, 0.717) is 26.2 Å². The fraction of sp³-hybridized carbons (Fsp3) is 0.421. The maximum Gasteiger partial charge on any atom is 0.410 e. The summed E-state index contributed by atoms with van der Waals surface area (Å²) >= 11 is 6.22. The Bertz CT molecular complexity index is 1000. The highest BCUT2D eigenvalue weighted by Crippen LogP contribution is 2.31. The Labute approximate surface area is 162 Å². The first-order valence-electron chi connectivity index (χ1n) is 8.98. The zero-order valence-corrected chi connectivity index (χ0v) is 16.4. The van der Waals surface area contributed by atoms with E-state index in [1.165, 1.54) is 0 Å². The van der Waals surface area contributed by atoms with Crippen LogP contribution in [0.4, 0.5) is 10.6 Å². The lowest BCUT2D eigenvalue weighted by molar-refractivity contribution is 0.0240. The molecule has 0 bridgehead atoms. The molecule has 8 heteroatoms. The second-order valence-corrected chi connectivity index (χ2v) is 8.01. The van der Waals surface area contributed by atoms with Crippen LogP contribution < -0.4 is 4.90 Å². The largest absolute Gasteiger partial charge is 0.444 e. The lowest BCUT2D eigenvalue weighted by atomic mass is 10.1. The van der Waals surface area contributed by atoms with E-state index in [9.17, 15) is 4.79 Å². The third-order valence-corrected chi connectivity index (χ3v) is 4.75. The molecule has 1 saturated heterocycles. The highest BCUT2D eigenvalue weighted by molar-refractivity contribution is 6.29. The fourth-order valence-corrected chi connectivity index (χ4v) is 3.52. The van der Waals surface area contributed by atoms with Crippen LogP contribution in [0.3, 0.4) is 0 Å². The van der Waals surface area contributed by atoms with Crippen molar-refractivity contribution in [1.82, 2.24) is 19.9 Å². The highest BCUT2D eigenvalue weighted by Gasteiger charge is 2.27. The van der Waals surface area contributed by atoms with Gasteiger partial charge in [-0.2, -0.15) is 4.98 Å². The molecule has 1 amide bonds. The number of rotatable bonds is 1. The van der Waals surface area contributed by atoms with Gasteiger partial charge < -0.3 is 19.5 Å². The summed E-state index contributed by atoms with van der Waals surface area (Å²) in [6.07, 6.45) is 1.61. The number of ether oxygens (including phenoxy) is 1. The summed E-state index contributed by atoms with van der Waals surface area (Å²) in [4.78, 5) is 28.3. The number of benzene rings is 1. The molecule has 3 heterocycles. The average molecular weight is 388 g/mol. The molecule has 1 aromatic carbocycles. The number of carbonyl (C=O) groups excluding carboxylic acids is 1. The van der Waals surface area contributed by atoms with Crippen molar-refractivity contribution in [1.29, 1.82) is 0 Å². The molecule has 7 nitrogen and oxygen atoms in total. The summed E-state index contributed by atoms with van der Waals surface area (Å²) in [5.74, 6) is 0.803. The molecule has 4 rings (SSSR count). The van der Waals surface area contributed by atoms with Crippen LogP contribution in [-0.4, -0.2) is 57.7 Å². The van der Waals surface area contributed by atoms with Gasteiger partial charge in [0.25, 0.3) is 0 Å². The molecule has 2 aromatic heterocycles. The van der Waals surface area contributed by atoms with Crippen molar-refractivity contribution >= 4 is 45.3 Å². The van der Waals surface area contributed by atoms with Crippen LogP contribution in [0, 0.1) is 0 Å². The molecule has 1 aliphatic rings. The van der Waals surface area contributed by atoms with Crippen LogP contribution in [0.1, 0.15) is 20.8 Å². The SMILES string of the molecule is CC(C)(C)OC(=O)N1CCN(c2nc(Cl)nc3c2ccc2[nH]ccc23)CC1. The predicted molar refractivity (Wildman–Crippen MR) is 106 cm³/mol. The smallest absolute Gasteiger partial charge is 0.410 e. The first kappa shape index (κ1) is 17.9. The number of piperazine rings is 1. The Morgan fingerprint density at radius 3 is 2.56 bits per heavy atom. The van der Waals surface area contributed by atoms with E-state index >= 15 is 0 Å². The topological polar surface area (TPSA) is 74.3 Å². The first-order chi connectivity index (χ1) is 12.8. The molecular weight excluding hydrogens is 366 g/mol. The van der Waals surface area contributed by atoms with Gasteiger partial charge in [-0.3, -0.25) is 0 Å². The number of fused-ring (bicyclic) bond motifs is 3. The van der Waals surface area contributed by atoms with E-state index in [-0.39, 0.29) is 11.4 Å². The molecule has 0 unspecified atom stereocenters. The molecule has 1 fully saturated rings. The average Bonchev–Trinajstić information content (AvgIpc) is 3.09. The van der Waals surface area contributed by atoms with Crippen molar-refractivity contribution in [3.8, 4) is 0 Å². The van der Waals surface area contributed by atoms with Crippen molar-refractivity contribution < 1.29 is 9.53 Å². The number of halogens is 1. The molecular formula is C19H22ClN5O2. The number of anilines is 1. The van der Waals surface area contributed by atoms with Crippen molar-refractivity contribution in [2.45, 2.75) is 26.4 Å². The van der Waals surface area contributed by atoms with Gasteiger partial charge in [0, 0.05) is 48.7 Å². The van der Waals surface area contributed by atoms with E-state index in [0.717, 1.165) is 27.6 Å². The van der Waals surface area contributed by atoms with E-state index < -0.39 is 5.60 Å². The Morgan fingerprint density at radius 1 is 1.11 bits per heavy atom. The van der Waals surface area contributed by atoms with Gasteiger partial charge in [0.05, 0.1) is 5.52 Å². The molecule has 142 valence electrons. The number of hydrogen-bond donors (Lipinski definition) is 1.